The van der Waals surface area contributed by atoms with Gasteiger partial charge in [0, 0.05) is 22.9 Å². The number of nitrogens with one attached hydrogen (secondary N) is 1. The molecule has 3 aromatic carbocycles. The van der Waals surface area contributed by atoms with Crippen LogP contribution in [0.25, 0.3) is 22.6 Å². The number of nitrogens with zero attached hydrogens (tertiary/aromatic N) is 1. The number of hydrogen-bond acceptors (Lipinski definition) is 3. The predicted molar refractivity (Wildman–Crippen MR) is 98.6 cm³/mol. The molecule has 0 radical (unpaired) electrons. The molecule has 0 unspecified atom stereocenters. The first-order chi connectivity index (χ1) is 12.2. The molecule has 4 heteroatoms. The molecule has 0 aliphatic rings. The van der Waals surface area contributed by atoms with Gasteiger partial charge in [0.25, 0.3) is 5.91 Å². The summed E-state index contributed by atoms with van der Waals surface area (Å²) in [5, 5.41) is 2.88. The van der Waals surface area contributed by atoms with E-state index in [0.717, 1.165) is 16.6 Å². The number of anilines is 1. The number of oxazole rings is 1. The molecule has 0 fully saturated rings. The SMILES string of the molecule is Cc1ccccc1-c1nc2ccc(NC(=O)c3ccccc3)cc2o1. The maximum absolute atomic E-state index is 12.3. The number of benzene rings is 3. The number of carbonyl (C=O) groups is 1. The molecule has 4 aromatic rings. The highest BCUT2D eigenvalue weighted by molar-refractivity contribution is 6.04. The summed E-state index contributed by atoms with van der Waals surface area (Å²) >= 11 is 0. The van der Waals surface area contributed by atoms with Gasteiger partial charge < -0.3 is 9.73 Å². The minimum absolute atomic E-state index is 0.154. The van der Waals surface area contributed by atoms with E-state index in [9.17, 15) is 4.79 Å². The van der Waals surface area contributed by atoms with Crippen LogP contribution in [-0.4, -0.2) is 10.9 Å². The third-order valence-corrected chi connectivity index (χ3v) is 4.06. The van der Waals surface area contributed by atoms with E-state index in [-0.39, 0.29) is 5.91 Å². The van der Waals surface area contributed by atoms with Crippen LogP contribution in [0.15, 0.2) is 77.2 Å². The van der Waals surface area contributed by atoms with Crippen LogP contribution >= 0.6 is 0 Å². The molecule has 0 atom stereocenters. The molecule has 25 heavy (non-hydrogen) atoms. The first-order valence-electron chi connectivity index (χ1n) is 8.04. The van der Waals surface area contributed by atoms with E-state index in [2.05, 4.69) is 10.3 Å². The highest BCUT2D eigenvalue weighted by atomic mass is 16.3. The Kier molecular flexibility index (Phi) is 3.78. The molecule has 0 aliphatic heterocycles. The molecule has 1 heterocycles. The first kappa shape index (κ1) is 15.1. The maximum Gasteiger partial charge on any atom is 0.255 e. The Hall–Kier alpha value is -3.40. The zero-order valence-corrected chi connectivity index (χ0v) is 13.7. The lowest BCUT2D eigenvalue weighted by Crippen LogP contribution is -2.11. The van der Waals surface area contributed by atoms with Crippen molar-refractivity contribution in [3.05, 3.63) is 83.9 Å². The standard InChI is InChI=1S/C21H16N2O2/c1-14-7-5-6-10-17(14)21-23-18-12-11-16(13-19(18)25-21)22-20(24)15-8-3-2-4-9-15/h2-13H,1H3,(H,22,24). The third-order valence-electron chi connectivity index (χ3n) is 4.06. The summed E-state index contributed by atoms with van der Waals surface area (Å²) < 4.78 is 5.90. The first-order valence-corrected chi connectivity index (χ1v) is 8.04. The molecule has 1 N–H and O–H groups in total. The second-order valence-corrected chi connectivity index (χ2v) is 5.84. The van der Waals surface area contributed by atoms with Crippen LogP contribution < -0.4 is 5.32 Å². The summed E-state index contributed by atoms with van der Waals surface area (Å²) in [5.41, 5.74) is 4.76. The lowest BCUT2D eigenvalue weighted by Gasteiger charge is -2.04. The van der Waals surface area contributed by atoms with Gasteiger partial charge in [-0.25, -0.2) is 4.98 Å². The molecule has 0 spiro atoms. The summed E-state index contributed by atoms with van der Waals surface area (Å²) in [7, 11) is 0. The number of carbonyl (C=O) groups excluding carboxylic acids is 1. The summed E-state index contributed by atoms with van der Waals surface area (Å²) in [5.74, 6) is 0.429. The smallest absolute Gasteiger partial charge is 0.255 e. The number of rotatable bonds is 3. The van der Waals surface area contributed by atoms with Crippen molar-refractivity contribution in [3.63, 3.8) is 0 Å². The monoisotopic (exact) mass is 328 g/mol. The van der Waals surface area contributed by atoms with Gasteiger partial charge in [-0.1, -0.05) is 36.4 Å². The quantitative estimate of drug-likeness (QED) is 0.572. The Morgan fingerprint density at radius 3 is 2.52 bits per heavy atom. The average Bonchev–Trinajstić information content (AvgIpc) is 3.06. The topological polar surface area (TPSA) is 55.1 Å². The Morgan fingerprint density at radius 2 is 1.72 bits per heavy atom. The second-order valence-electron chi connectivity index (χ2n) is 5.84. The third kappa shape index (κ3) is 3.02. The van der Waals surface area contributed by atoms with Gasteiger partial charge >= 0.3 is 0 Å². The van der Waals surface area contributed by atoms with Gasteiger partial charge in [0.05, 0.1) is 0 Å². The Morgan fingerprint density at radius 1 is 0.960 bits per heavy atom. The fourth-order valence-electron chi connectivity index (χ4n) is 2.72. The minimum atomic E-state index is -0.154. The summed E-state index contributed by atoms with van der Waals surface area (Å²) in [6, 6.07) is 22.5. The summed E-state index contributed by atoms with van der Waals surface area (Å²) in [4.78, 5) is 16.8. The normalized spacial score (nSPS) is 10.8. The van der Waals surface area contributed by atoms with Crippen molar-refractivity contribution in [2.45, 2.75) is 6.92 Å². The molecule has 0 saturated heterocycles. The lowest BCUT2D eigenvalue weighted by atomic mass is 10.1. The van der Waals surface area contributed by atoms with E-state index in [1.165, 1.54) is 0 Å². The average molecular weight is 328 g/mol. The molecule has 4 nitrogen and oxygen atoms in total. The Labute approximate surface area is 145 Å². The predicted octanol–water partition coefficient (Wildman–Crippen LogP) is 5.06. The van der Waals surface area contributed by atoms with Crippen LogP contribution in [0.4, 0.5) is 5.69 Å². The molecular formula is C21H16N2O2. The number of hydrogen-bond donors (Lipinski definition) is 1. The van der Waals surface area contributed by atoms with E-state index >= 15 is 0 Å². The highest BCUT2D eigenvalue weighted by Crippen LogP contribution is 2.28. The Balaban J connectivity index is 1.65. The van der Waals surface area contributed by atoms with E-state index in [1.807, 2.05) is 61.5 Å². The van der Waals surface area contributed by atoms with Crippen LogP contribution in [0.5, 0.6) is 0 Å². The van der Waals surface area contributed by atoms with E-state index < -0.39 is 0 Å². The maximum atomic E-state index is 12.3. The molecule has 1 amide bonds. The van der Waals surface area contributed by atoms with Crippen molar-refractivity contribution < 1.29 is 9.21 Å². The van der Waals surface area contributed by atoms with Crippen LogP contribution in [0, 0.1) is 6.92 Å². The number of amides is 1. The molecular weight excluding hydrogens is 312 g/mol. The van der Waals surface area contributed by atoms with Crippen LogP contribution in [0.1, 0.15) is 15.9 Å². The lowest BCUT2D eigenvalue weighted by molar-refractivity contribution is 0.102. The van der Waals surface area contributed by atoms with Crippen molar-refractivity contribution >= 4 is 22.7 Å². The molecule has 0 aliphatic carbocycles. The summed E-state index contributed by atoms with van der Waals surface area (Å²) in [6.07, 6.45) is 0. The van der Waals surface area contributed by atoms with Crippen molar-refractivity contribution in [2.75, 3.05) is 5.32 Å². The van der Waals surface area contributed by atoms with Crippen molar-refractivity contribution in [1.29, 1.82) is 0 Å². The Bertz CT molecular complexity index is 1050. The molecule has 4 rings (SSSR count). The van der Waals surface area contributed by atoms with Gasteiger partial charge in [-0.15, -0.1) is 0 Å². The van der Waals surface area contributed by atoms with Gasteiger partial charge in [0.1, 0.15) is 5.52 Å². The second kappa shape index (κ2) is 6.24. The molecule has 1 aromatic heterocycles. The van der Waals surface area contributed by atoms with E-state index in [1.54, 1.807) is 18.2 Å². The van der Waals surface area contributed by atoms with Crippen LogP contribution in [0.2, 0.25) is 0 Å². The van der Waals surface area contributed by atoms with Crippen LogP contribution in [-0.2, 0) is 0 Å². The van der Waals surface area contributed by atoms with Gasteiger partial charge in [0.15, 0.2) is 5.58 Å². The van der Waals surface area contributed by atoms with Crippen molar-refractivity contribution in [2.24, 2.45) is 0 Å². The number of aromatic nitrogens is 1. The van der Waals surface area contributed by atoms with Gasteiger partial charge in [-0.3, -0.25) is 4.79 Å². The molecule has 0 bridgehead atoms. The molecule has 122 valence electrons. The zero-order chi connectivity index (χ0) is 17.2. The highest BCUT2D eigenvalue weighted by Gasteiger charge is 2.12. The van der Waals surface area contributed by atoms with Gasteiger partial charge in [-0.05, 0) is 42.8 Å². The van der Waals surface area contributed by atoms with Gasteiger partial charge in [0.2, 0.25) is 5.89 Å². The van der Waals surface area contributed by atoms with E-state index in [0.29, 0.717) is 22.7 Å². The van der Waals surface area contributed by atoms with Crippen LogP contribution in [0.3, 0.4) is 0 Å². The number of aryl methyl sites for hydroxylation is 1. The molecule has 0 saturated carbocycles. The van der Waals surface area contributed by atoms with Crippen molar-refractivity contribution in [3.8, 4) is 11.5 Å². The van der Waals surface area contributed by atoms with E-state index in [4.69, 9.17) is 4.42 Å². The fraction of sp³-hybridized carbons (Fsp3) is 0.0476. The minimum Gasteiger partial charge on any atom is -0.436 e. The largest absolute Gasteiger partial charge is 0.436 e. The number of fused-ring (bicyclic) bond motifs is 1. The zero-order valence-electron chi connectivity index (χ0n) is 13.7. The van der Waals surface area contributed by atoms with Crippen molar-refractivity contribution in [1.82, 2.24) is 4.98 Å². The fourth-order valence-corrected chi connectivity index (χ4v) is 2.72. The summed E-state index contributed by atoms with van der Waals surface area (Å²) in [6.45, 7) is 2.02. The van der Waals surface area contributed by atoms with Gasteiger partial charge in [-0.2, -0.15) is 0 Å².